The average molecular weight is 279 g/mol. The lowest BCUT2D eigenvalue weighted by Crippen LogP contribution is -2.25. The van der Waals surface area contributed by atoms with Gasteiger partial charge >= 0.3 is 0 Å². The highest BCUT2D eigenvalue weighted by Crippen LogP contribution is 2.34. The van der Waals surface area contributed by atoms with E-state index in [1.54, 1.807) is 6.07 Å². The van der Waals surface area contributed by atoms with Crippen LogP contribution in [0.1, 0.15) is 5.56 Å². The van der Waals surface area contributed by atoms with E-state index in [1.165, 1.54) is 11.3 Å². The molecule has 2 heterocycles. The maximum atomic E-state index is 11.5. The number of nitrogens with one attached hydrogen (secondary N) is 1. The first kappa shape index (κ1) is 11.6. The van der Waals surface area contributed by atoms with Gasteiger partial charge in [-0.05, 0) is 29.5 Å². The summed E-state index contributed by atoms with van der Waals surface area (Å²) in [7, 11) is 0. The molecule has 2 aromatic rings. The van der Waals surface area contributed by atoms with Gasteiger partial charge in [0.15, 0.2) is 0 Å². The molecular weight excluding hydrogens is 270 g/mol. The summed E-state index contributed by atoms with van der Waals surface area (Å²) in [5.41, 5.74) is 0.986. The van der Waals surface area contributed by atoms with Gasteiger partial charge in [0.2, 0.25) is 5.91 Å². The lowest BCUT2D eigenvalue weighted by Gasteiger charge is -2.07. The number of fused-ring (bicyclic) bond motifs is 1. The monoisotopic (exact) mass is 279 g/mol. The zero-order chi connectivity index (χ0) is 12.7. The van der Waals surface area contributed by atoms with Crippen LogP contribution in [0.25, 0.3) is 10.1 Å². The number of amides is 2. The number of benzene rings is 1. The molecule has 4 nitrogen and oxygen atoms in total. The van der Waals surface area contributed by atoms with Crippen LogP contribution in [0.2, 0.25) is 0 Å². The minimum Gasteiger partial charge on any atom is -0.507 e. The van der Waals surface area contributed by atoms with Gasteiger partial charge < -0.3 is 5.11 Å². The minimum absolute atomic E-state index is 0.234. The standard InChI is InChI=1S/C12H9NO3S2/c14-8-2-1-6(10-7(8)3-4-17-10)5-9-11(15)13-12(16)18-9/h1-4,9,14H,5H2,(H,13,15,16)/t9-/m0/s1. The second-order valence-electron chi connectivity index (χ2n) is 3.99. The fourth-order valence-corrected chi connectivity index (χ4v) is 3.78. The zero-order valence-corrected chi connectivity index (χ0v) is 10.8. The Labute approximate surface area is 111 Å². The molecule has 1 saturated heterocycles. The van der Waals surface area contributed by atoms with Gasteiger partial charge in [0, 0.05) is 10.1 Å². The van der Waals surface area contributed by atoms with Crippen molar-refractivity contribution in [2.75, 3.05) is 0 Å². The predicted molar refractivity (Wildman–Crippen MR) is 72.1 cm³/mol. The number of hydrogen-bond donors (Lipinski definition) is 2. The van der Waals surface area contributed by atoms with Crippen LogP contribution in [0, 0.1) is 0 Å². The maximum Gasteiger partial charge on any atom is 0.286 e. The van der Waals surface area contributed by atoms with E-state index in [-0.39, 0.29) is 22.1 Å². The lowest BCUT2D eigenvalue weighted by atomic mass is 10.1. The number of imide groups is 1. The van der Waals surface area contributed by atoms with Gasteiger partial charge in [0.1, 0.15) is 5.75 Å². The summed E-state index contributed by atoms with van der Waals surface area (Å²) in [5, 5.41) is 14.0. The lowest BCUT2D eigenvalue weighted by molar-refractivity contribution is -0.118. The summed E-state index contributed by atoms with van der Waals surface area (Å²) in [6.07, 6.45) is 0.500. The molecular formula is C12H9NO3S2. The van der Waals surface area contributed by atoms with Crippen LogP contribution < -0.4 is 5.32 Å². The Balaban J connectivity index is 1.96. The van der Waals surface area contributed by atoms with Crippen molar-refractivity contribution < 1.29 is 14.7 Å². The molecule has 1 atom stereocenters. The Morgan fingerprint density at radius 2 is 2.11 bits per heavy atom. The smallest absolute Gasteiger partial charge is 0.286 e. The predicted octanol–water partition coefficient (Wildman–Crippen LogP) is 2.50. The third-order valence-electron chi connectivity index (χ3n) is 2.85. The first-order valence-corrected chi connectivity index (χ1v) is 7.10. The quantitative estimate of drug-likeness (QED) is 0.886. The summed E-state index contributed by atoms with van der Waals surface area (Å²) >= 11 is 2.55. The highest BCUT2D eigenvalue weighted by molar-refractivity contribution is 8.15. The Hall–Kier alpha value is -1.53. The average Bonchev–Trinajstić information content (AvgIpc) is 2.91. The van der Waals surface area contributed by atoms with Crippen LogP contribution in [0.4, 0.5) is 4.79 Å². The zero-order valence-electron chi connectivity index (χ0n) is 9.17. The second-order valence-corrected chi connectivity index (χ2v) is 6.09. The molecule has 1 aromatic heterocycles. The van der Waals surface area contributed by atoms with E-state index < -0.39 is 0 Å². The molecule has 2 N–H and O–H groups in total. The molecule has 1 fully saturated rings. The first-order valence-electron chi connectivity index (χ1n) is 5.34. The molecule has 92 valence electrons. The molecule has 1 aliphatic rings. The Bertz CT molecular complexity index is 650. The molecule has 0 saturated carbocycles. The number of carbonyl (C=O) groups is 2. The van der Waals surface area contributed by atoms with E-state index in [2.05, 4.69) is 5.32 Å². The largest absolute Gasteiger partial charge is 0.507 e. The molecule has 2 amide bonds. The third-order valence-corrected chi connectivity index (χ3v) is 4.82. The van der Waals surface area contributed by atoms with Crippen molar-refractivity contribution >= 4 is 44.3 Å². The van der Waals surface area contributed by atoms with Gasteiger partial charge in [-0.2, -0.15) is 0 Å². The van der Waals surface area contributed by atoms with E-state index in [1.807, 2.05) is 17.5 Å². The maximum absolute atomic E-state index is 11.5. The molecule has 0 aliphatic carbocycles. The second kappa shape index (κ2) is 4.29. The molecule has 1 aliphatic heterocycles. The van der Waals surface area contributed by atoms with E-state index in [0.29, 0.717) is 6.42 Å². The Morgan fingerprint density at radius 3 is 2.83 bits per heavy atom. The van der Waals surface area contributed by atoms with Crippen LogP contribution >= 0.6 is 23.1 Å². The van der Waals surface area contributed by atoms with Crippen molar-refractivity contribution in [3.05, 3.63) is 29.1 Å². The topological polar surface area (TPSA) is 66.4 Å². The number of phenolic OH excluding ortho intramolecular Hbond substituents is 1. The highest BCUT2D eigenvalue weighted by Gasteiger charge is 2.32. The number of thiophene rings is 1. The van der Waals surface area contributed by atoms with Gasteiger partial charge in [-0.25, -0.2) is 0 Å². The van der Waals surface area contributed by atoms with E-state index in [9.17, 15) is 14.7 Å². The molecule has 0 spiro atoms. The van der Waals surface area contributed by atoms with Crippen molar-refractivity contribution in [1.82, 2.24) is 5.32 Å². The van der Waals surface area contributed by atoms with E-state index in [4.69, 9.17) is 0 Å². The highest BCUT2D eigenvalue weighted by atomic mass is 32.2. The summed E-state index contributed by atoms with van der Waals surface area (Å²) < 4.78 is 0.975. The molecule has 1 aromatic carbocycles. The summed E-state index contributed by atoms with van der Waals surface area (Å²) in [4.78, 5) is 22.6. The third kappa shape index (κ3) is 1.87. The van der Waals surface area contributed by atoms with Crippen molar-refractivity contribution in [3.63, 3.8) is 0 Å². The van der Waals surface area contributed by atoms with Crippen molar-refractivity contribution in [3.8, 4) is 5.75 Å². The van der Waals surface area contributed by atoms with E-state index >= 15 is 0 Å². The number of carbonyl (C=O) groups excluding carboxylic acids is 2. The van der Waals surface area contributed by atoms with Crippen LogP contribution in [0.3, 0.4) is 0 Å². The van der Waals surface area contributed by atoms with Crippen LogP contribution in [-0.4, -0.2) is 21.5 Å². The van der Waals surface area contributed by atoms with Crippen molar-refractivity contribution in [2.24, 2.45) is 0 Å². The number of phenols is 1. The van der Waals surface area contributed by atoms with Gasteiger partial charge in [0.25, 0.3) is 5.24 Å². The normalized spacial score (nSPS) is 19.4. The Kier molecular flexibility index (Phi) is 2.76. The number of thioether (sulfide) groups is 1. The van der Waals surface area contributed by atoms with Crippen LogP contribution in [-0.2, 0) is 11.2 Å². The molecule has 3 rings (SSSR count). The molecule has 18 heavy (non-hydrogen) atoms. The van der Waals surface area contributed by atoms with E-state index in [0.717, 1.165) is 27.4 Å². The Morgan fingerprint density at radius 1 is 1.28 bits per heavy atom. The van der Waals surface area contributed by atoms with Gasteiger partial charge in [0.05, 0.1) is 5.25 Å². The van der Waals surface area contributed by atoms with Crippen LogP contribution in [0.15, 0.2) is 23.6 Å². The van der Waals surface area contributed by atoms with Crippen molar-refractivity contribution in [2.45, 2.75) is 11.7 Å². The fourth-order valence-electron chi connectivity index (χ4n) is 1.99. The van der Waals surface area contributed by atoms with Crippen molar-refractivity contribution in [1.29, 1.82) is 0 Å². The van der Waals surface area contributed by atoms with Gasteiger partial charge in [-0.3, -0.25) is 14.9 Å². The van der Waals surface area contributed by atoms with Crippen LogP contribution in [0.5, 0.6) is 5.75 Å². The minimum atomic E-state index is -0.368. The van der Waals surface area contributed by atoms with Gasteiger partial charge in [-0.1, -0.05) is 17.8 Å². The number of aromatic hydroxyl groups is 1. The SMILES string of the molecule is O=C1NC(=O)[C@H](Cc2ccc(O)c3ccsc23)S1. The summed E-state index contributed by atoms with van der Waals surface area (Å²) in [5.74, 6) is 0.0115. The summed E-state index contributed by atoms with van der Waals surface area (Å²) in [6.45, 7) is 0. The summed E-state index contributed by atoms with van der Waals surface area (Å²) in [6, 6.07) is 5.29. The fraction of sp³-hybridized carbons (Fsp3) is 0.167. The number of hydrogen-bond acceptors (Lipinski definition) is 5. The number of rotatable bonds is 2. The van der Waals surface area contributed by atoms with Gasteiger partial charge in [-0.15, -0.1) is 11.3 Å². The molecule has 6 heteroatoms. The first-order chi connectivity index (χ1) is 8.65. The molecule has 0 bridgehead atoms. The molecule has 0 unspecified atom stereocenters. The molecule has 0 radical (unpaired) electrons.